The molecule has 102 valence electrons. The van der Waals surface area contributed by atoms with E-state index in [2.05, 4.69) is 4.57 Å². The van der Waals surface area contributed by atoms with Gasteiger partial charge in [-0.05, 0) is 31.4 Å². The van der Waals surface area contributed by atoms with E-state index in [4.69, 9.17) is 5.11 Å². The van der Waals surface area contributed by atoms with Gasteiger partial charge in [-0.25, -0.2) is 0 Å². The Balaban J connectivity index is 1.62. The van der Waals surface area contributed by atoms with Crippen molar-refractivity contribution in [3.05, 3.63) is 24.0 Å². The molecule has 1 aromatic heterocycles. The minimum atomic E-state index is -0.782. The van der Waals surface area contributed by atoms with E-state index in [-0.39, 0.29) is 18.2 Å². The number of carboxylic acids is 1. The number of rotatable bonds is 4. The number of hydrogen-bond acceptors (Lipinski definition) is 2. The smallest absolute Gasteiger partial charge is 0.303 e. The van der Waals surface area contributed by atoms with E-state index in [1.165, 1.54) is 6.42 Å². The maximum Gasteiger partial charge on any atom is 0.303 e. The van der Waals surface area contributed by atoms with Crippen LogP contribution in [0.15, 0.2) is 18.3 Å². The van der Waals surface area contributed by atoms with Crippen LogP contribution >= 0.6 is 0 Å². The SMILES string of the molecule is O=C(O)CC1CN(C(=O)c2cccn2C2CCC2)C1. The minimum Gasteiger partial charge on any atom is -0.481 e. The van der Waals surface area contributed by atoms with E-state index in [9.17, 15) is 9.59 Å². The predicted molar refractivity (Wildman–Crippen MR) is 69.0 cm³/mol. The van der Waals surface area contributed by atoms with Gasteiger partial charge in [-0.3, -0.25) is 9.59 Å². The van der Waals surface area contributed by atoms with Gasteiger partial charge in [-0.1, -0.05) is 0 Å². The van der Waals surface area contributed by atoms with Crippen LogP contribution in [0.2, 0.25) is 0 Å². The molecule has 5 nitrogen and oxygen atoms in total. The molecule has 3 rings (SSSR count). The van der Waals surface area contributed by atoms with Crippen molar-refractivity contribution < 1.29 is 14.7 Å². The number of aliphatic carboxylic acids is 1. The molecule has 1 saturated heterocycles. The normalized spacial score (nSPS) is 19.9. The number of hydrogen-bond donors (Lipinski definition) is 1. The van der Waals surface area contributed by atoms with Crippen LogP contribution in [0.25, 0.3) is 0 Å². The molecule has 1 saturated carbocycles. The largest absolute Gasteiger partial charge is 0.481 e. The Morgan fingerprint density at radius 2 is 2.05 bits per heavy atom. The Morgan fingerprint density at radius 3 is 2.63 bits per heavy atom. The summed E-state index contributed by atoms with van der Waals surface area (Å²) in [5.41, 5.74) is 0.749. The molecular weight excluding hydrogens is 244 g/mol. The second kappa shape index (κ2) is 4.72. The molecule has 0 aromatic carbocycles. The summed E-state index contributed by atoms with van der Waals surface area (Å²) >= 11 is 0. The molecule has 2 heterocycles. The topological polar surface area (TPSA) is 62.5 Å². The molecule has 0 spiro atoms. The number of amides is 1. The van der Waals surface area contributed by atoms with E-state index in [0.717, 1.165) is 18.5 Å². The molecular formula is C14H18N2O3. The summed E-state index contributed by atoms with van der Waals surface area (Å²) in [7, 11) is 0. The van der Waals surface area contributed by atoms with E-state index in [1.54, 1.807) is 4.90 Å². The molecule has 1 aromatic rings. The molecule has 1 amide bonds. The Morgan fingerprint density at radius 1 is 1.32 bits per heavy atom. The van der Waals surface area contributed by atoms with Crippen molar-refractivity contribution in [3.63, 3.8) is 0 Å². The van der Waals surface area contributed by atoms with Gasteiger partial charge in [-0.15, -0.1) is 0 Å². The Kier molecular flexibility index (Phi) is 3.05. The van der Waals surface area contributed by atoms with Crippen molar-refractivity contribution in [2.24, 2.45) is 5.92 Å². The highest BCUT2D eigenvalue weighted by molar-refractivity contribution is 5.93. The second-order valence-corrected chi connectivity index (χ2v) is 5.56. The van der Waals surface area contributed by atoms with Crippen molar-refractivity contribution in [2.75, 3.05) is 13.1 Å². The first-order valence-corrected chi connectivity index (χ1v) is 6.83. The number of aromatic nitrogens is 1. The van der Waals surface area contributed by atoms with Gasteiger partial charge in [-0.2, -0.15) is 0 Å². The quantitative estimate of drug-likeness (QED) is 0.899. The van der Waals surface area contributed by atoms with Crippen LogP contribution in [0.5, 0.6) is 0 Å². The maximum absolute atomic E-state index is 12.3. The summed E-state index contributed by atoms with van der Waals surface area (Å²) in [6.45, 7) is 1.14. The number of nitrogens with zero attached hydrogens (tertiary/aromatic N) is 2. The monoisotopic (exact) mass is 262 g/mol. The van der Waals surface area contributed by atoms with Gasteiger partial charge in [0.15, 0.2) is 0 Å². The molecule has 0 bridgehead atoms. The van der Waals surface area contributed by atoms with Crippen LogP contribution in [-0.2, 0) is 4.79 Å². The molecule has 5 heteroatoms. The van der Waals surface area contributed by atoms with Gasteiger partial charge in [0.25, 0.3) is 5.91 Å². The van der Waals surface area contributed by atoms with E-state index >= 15 is 0 Å². The average Bonchev–Trinajstić information content (AvgIpc) is 2.68. The summed E-state index contributed by atoms with van der Waals surface area (Å²) in [4.78, 5) is 24.7. The fraction of sp³-hybridized carbons (Fsp3) is 0.571. The third-order valence-electron chi connectivity index (χ3n) is 4.17. The van der Waals surface area contributed by atoms with E-state index in [0.29, 0.717) is 19.1 Å². The highest BCUT2D eigenvalue weighted by Gasteiger charge is 2.34. The van der Waals surface area contributed by atoms with Crippen molar-refractivity contribution >= 4 is 11.9 Å². The molecule has 2 fully saturated rings. The molecule has 19 heavy (non-hydrogen) atoms. The highest BCUT2D eigenvalue weighted by Crippen LogP contribution is 2.33. The van der Waals surface area contributed by atoms with E-state index in [1.807, 2.05) is 18.3 Å². The van der Waals surface area contributed by atoms with Gasteiger partial charge in [0.1, 0.15) is 5.69 Å². The summed E-state index contributed by atoms with van der Waals surface area (Å²) in [6, 6.07) is 4.26. The Hall–Kier alpha value is -1.78. The fourth-order valence-electron chi connectivity index (χ4n) is 2.83. The lowest BCUT2D eigenvalue weighted by molar-refractivity contribution is -0.139. The molecule has 0 unspecified atom stereocenters. The van der Waals surface area contributed by atoms with Crippen molar-refractivity contribution in [1.82, 2.24) is 9.47 Å². The number of carbonyl (C=O) groups is 2. The van der Waals surface area contributed by atoms with Gasteiger partial charge in [0.05, 0.1) is 6.42 Å². The first kappa shape index (κ1) is 12.3. The lowest BCUT2D eigenvalue weighted by Crippen LogP contribution is -2.51. The highest BCUT2D eigenvalue weighted by atomic mass is 16.4. The van der Waals surface area contributed by atoms with Gasteiger partial charge in [0.2, 0.25) is 0 Å². The number of carbonyl (C=O) groups excluding carboxylic acids is 1. The summed E-state index contributed by atoms with van der Waals surface area (Å²) < 4.78 is 2.08. The van der Waals surface area contributed by atoms with Crippen LogP contribution in [0.3, 0.4) is 0 Å². The van der Waals surface area contributed by atoms with E-state index < -0.39 is 5.97 Å². The zero-order valence-corrected chi connectivity index (χ0v) is 10.8. The van der Waals surface area contributed by atoms with Crippen molar-refractivity contribution in [2.45, 2.75) is 31.7 Å². The van der Waals surface area contributed by atoms with Crippen LogP contribution in [0.4, 0.5) is 0 Å². The van der Waals surface area contributed by atoms with Crippen LogP contribution < -0.4 is 0 Å². The summed E-state index contributed by atoms with van der Waals surface area (Å²) in [5.74, 6) is -0.623. The predicted octanol–water partition coefficient (Wildman–Crippen LogP) is 1.76. The zero-order chi connectivity index (χ0) is 13.4. The molecule has 0 radical (unpaired) electrons. The standard InChI is InChI=1S/C14H18N2O3/c17-13(18)7-10-8-15(9-10)14(19)12-5-2-6-16(12)11-3-1-4-11/h2,5-6,10-11H,1,3-4,7-9H2,(H,17,18). The lowest BCUT2D eigenvalue weighted by Gasteiger charge is -2.39. The van der Waals surface area contributed by atoms with Crippen molar-refractivity contribution in [1.29, 1.82) is 0 Å². The third-order valence-corrected chi connectivity index (χ3v) is 4.17. The molecule has 1 N–H and O–H groups in total. The lowest BCUT2D eigenvalue weighted by atomic mass is 9.92. The van der Waals surface area contributed by atoms with Crippen LogP contribution in [0, 0.1) is 5.92 Å². The van der Waals surface area contributed by atoms with Gasteiger partial charge < -0.3 is 14.6 Å². The first-order chi connectivity index (χ1) is 9.15. The Bertz CT molecular complexity index is 499. The number of carboxylic acid groups (broad SMARTS) is 1. The Labute approximate surface area is 111 Å². The average molecular weight is 262 g/mol. The van der Waals surface area contributed by atoms with Crippen LogP contribution in [0.1, 0.15) is 42.2 Å². The summed E-state index contributed by atoms with van der Waals surface area (Å²) in [5, 5.41) is 8.71. The first-order valence-electron chi connectivity index (χ1n) is 6.83. The fourth-order valence-corrected chi connectivity index (χ4v) is 2.83. The van der Waals surface area contributed by atoms with Crippen molar-refractivity contribution in [3.8, 4) is 0 Å². The summed E-state index contributed by atoms with van der Waals surface area (Å²) in [6.07, 6.45) is 5.67. The minimum absolute atomic E-state index is 0.0403. The number of likely N-dealkylation sites (tertiary alicyclic amines) is 1. The third kappa shape index (κ3) is 2.25. The van der Waals surface area contributed by atoms with Gasteiger partial charge >= 0.3 is 5.97 Å². The zero-order valence-electron chi connectivity index (χ0n) is 10.8. The van der Waals surface area contributed by atoms with Gasteiger partial charge in [0, 0.05) is 31.2 Å². The second-order valence-electron chi connectivity index (χ2n) is 5.56. The molecule has 2 aliphatic rings. The van der Waals surface area contributed by atoms with Crippen LogP contribution in [-0.4, -0.2) is 39.5 Å². The molecule has 1 aliphatic heterocycles. The molecule has 1 aliphatic carbocycles. The molecule has 0 atom stereocenters. The maximum atomic E-state index is 12.3.